The first-order chi connectivity index (χ1) is 30.5. The summed E-state index contributed by atoms with van der Waals surface area (Å²) in [5.74, 6) is -0.461. The van der Waals surface area contributed by atoms with Crippen LogP contribution in [-0.4, -0.2) is 181 Å². The van der Waals surface area contributed by atoms with Gasteiger partial charge in [0.15, 0.2) is 18.9 Å². The molecule has 8 aliphatic rings. The normalized spacial score (nSPS) is 54.1. The minimum absolute atomic E-state index is 0.0133. The summed E-state index contributed by atoms with van der Waals surface area (Å²) in [4.78, 5) is 13.1. The predicted octanol–water partition coefficient (Wildman–Crippen LogP) is 0.318. The molecule has 3 heterocycles. The van der Waals surface area contributed by atoms with Gasteiger partial charge in [-0.1, -0.05) is 53.2 Å². The van der Waals surface area contributed by atoms with Crippen LogP contribution >= 0.6 is 0 Å². The Kier molecular flexibility index (Phi) is 13.7. The van der Waals surface area contributed by atoms with Crippen LogP contribution < -0.4 is 0 Å². The van der Waals surface area contributed by atoms with Crippen molar-refractivity contribution in [1.29, 1.82) is 0 Å². The third-order valence-corrected chi connectivity index (χ3v) is 19.2. The van der Waals surface area contributed by atoms with Crippen molar-refractivity contribution < 1.29 is 89.4 Å². The molecule has 18 heteroatoms. The monoisotopic (exact) mass is 929 g/mol. The summed E-state index contributed by atoms with van der Waals surface area (Å²) in [5, 5.41) is 118. The summed E-state index contributed by atoms with van der Waals surface area (Å²) in [7, 11) is 0. The lowest BCUT2D eigenvalue weighted by molar-refractivity contribution is -0.370. The lowest BCUT2D eigenvalue weighted by atomic mass is 9.33. The van der Waals surface area contributed by atoms with Crippen LogP contribution in [0.2, 0.25) is 0 Å². The molecule has 4 saturated carbocycles. The Morgan fingerprint density at radius 2 is 1.20 bits per heavy atom. The number of aliphatic hydroxyl groups excluding tert-OH is 10. The van der Waals surface area contributed by atoms with Crippen LogP contribution in [0, 0.1) is 50.2 Å². The Hall–Kier alpha value is -1.43. The lowest BCUT2D eigenvalue weighted by Crippen LogP contribution is -2.66. The molecule has 23 atom stereocenters. The van der Waals surface area contributed by atoms with E-state index in [1.54, 1.807) is 0 Å². The average molecular weight is 929 g/mol. The van der Waals surface area contributed by atoms with Crippen molar-refractivity contribution in [2.45, 2.75) is 198 Å². The third-order valence-electron chi connectivity index (χ3n) is 19.2. The highest BCUT2D eigenvalue weighted by atomic mass is 16.8. The van der Waals surface area contributed by atoms with Crippen LogP contribution in [0.15, 0.2) is 11.6 Å². The number of carbonyl (C=O) groups is 1. The van der Waals surface area contributed by atoms with Crippen molar-refractivity contribution in [2.24, 2.45) is 50.2 Å². The van der Waals surface area contributed by atoms with E-state index in [9.17, 15) is 61.0 Å². The van der Waals surface area contributed by atoms with Gasteiger partial charge in [-0.25, -0.2) is 0 Å². The molecule has 0 aromatic heterocycles. The molecule has 0 unspecified atom stereocenters. The Labute approximate surface area is 380 Å². The number of allylic oxidation sites excluding steroid dienone is 2. The SMILES string of the molecule is CC1(C)CC[C@]2(C(=O)O)CC[C@]3(C)C(=CC[C@@H]4[C@@]5(C)CC[C@H](O[C@@H]6O[C@@H](CO)[C@H](O)[C@H]6O[C@@H]6O[C@H](CO)[C@@H](O)[C@H](O[C@@H]7O[C@H](CO)[C@@H](O)[C@H](O)[C@@H]7O)[C@H]6O)[C@@](C)(CO)[C@@H]5CC[C@]43C)[C@@H]2C1. The van der Waals surface area contributed by atoms with Crippen molar-refractivity contribution in [3.63, 3.8) is 0 Å². The zero-order valence-electron chi connectivity index (χ0n) is 38.6. The number of carboxylic acids is 1. The molecule has 0 radical (unpaired) electrons. The molecule has 7 fully saturated rings. The van der Waals surface area contributed by atoms with E-state index in [2.05, 4.69) is 40.7 Å². The van der Waals surface area contributed by atoms with Crippen LogP contribution in [0.3, 0.4) is 0 Å². The first kappa shape index (κ1) is 50.0. The Balaban J connectivity index is 1.02. The maximum atomic E-state index is 13.1. The summed E-state index contributed by atoms with van der Waals surface area (Å²) in [6.45, 7) is 11.3. The minimum atomic E-state index is -1.89. The van der Waals surface area contributed by atoms with Gasteiger partial charge < -0.3 is 84.6 Å². The van der Waals surface area contributed by atoms with Gasteiger partial charge in [-0.2, -0.15) is 0 Å². The number of carboxylic acid groups (broad SMARTS) is 1. The van der Waals surface area contributed by atoms with E-state index in [1.165, 1.54) is 5.57 Å². The minimum Gasteiger partial charge on any atom is -0.481 e. The highest BCUT2D eigenvalue weighted by Gasteiger charge is 2.70. The van der Waals surface area contributed by atoms with Crippen molar-refractivity contribution in [2.75, 3.05) is 26.4 Å². The topological polar surface area (TPSA) is 295 Å². The lowest BCUT2D eigenvalue weighted by Gasteiger charge is -2.71. The van der Waals surface area contributed by atoms with Crippen LogP contribution in [0.4, 0.5) is 0 Å². The molecule has 0 aromatic rings. The van der Waals surface area contributed by atoms with Gasteiger partial charge in [0.1, 0.15) is 67.1 Å². The van der Waals surface area contributed by atoms with Crippen molar-refractivity contribution >= 4 is 5.97 Å². The van der Waals surface area contributed by atoms with Crippen LogP contribution in [-0.2, 0) is 33.2 Å². The number of ether oxygens (including phenoxy) is 6. The van der Waals surface area contributed by atoms with Gasteiger partial charge in [0, 0.05) is 5.41 Å². The number of aliphatic hydroxyl groups is 10. The maximum absolute atomic E-state index is 13.1. The molecular weight excluding hydrogens is 852 g/mol. The van der Waals surface area contributed by atoms with Gasteiger partial charge in [0.05, 0.1) is 37.9 Å². The largest absolute Gasteiger partial charge is 0.481 e. The smallest absolute Gasteiger partial charge is 0.310 e. The zero-order valence-corrected chi connectivity index (χ0v) is 38.6. The number of hydrogen-bond donors (Lipinski definition) is 11. The number of fused-ring (bicyclic) bond motifs is 7. The van der Waals surface area contributed by atoms with Crippen molar-refractivity contribution in [1.82, 2.24) is 0 Å². The Bertz CT molecular complexity index is 1760. The van der Waals surface area contributed by atoms with Gasteiger partial charge >= 0.3 is 5.97 Å². The molecule has 5 aliphatic carbocycles. The zero-order chi connectivity index (χ0) is 47.4. The number of hydrogen-bond acceptors (Lipinski definition) is 17. The Morgan fingerprint density at radius 3 is 1.82 bits per heavy atom. The van der Waals surface area contributed by atoms with Crippen LogP contribution in [0.1, 0.15) is 106 Å². The molecule has 0 aromatic carbocycles. The van der Waals surface area contributed by atoms with Gasteiger partial charge in [0.25, 0.3) is 0 Å². The quantitative estimate of drug-likeness (QED) is 0.124. The fourth-order valence-corrected chi connectivity index (χ4v) is 14.9. The summed E-state index contributed by atoms with van der Waals surface area (Å²) < 4.78 is 36.0. The van der Waals surface area contributed by atoms with Crippen molar-refractivity contribution in [3.05, 3.63) is 11.6 Å². The molecule has 18 nitrogen and oxygen atoms in total. The van der Waals surface area contributed by atoms with E-state index < -0.39 is 129 Å². The molecular formula is C47H76O18. The second-order valence-corrected chi connectivity index (χ2v) is 22.8. The molecule has 11 N–H and O–H groups in total. The average Bonchev–Trinajstić information content (AvgIpc) is 3.56. The van der Waals surface area contributed by atoms with Gasteiger partial charge in [0.2, 0.25) is 0 Å². The summed E-state index contributed by atoms with van der Waals surface area (Å²) in [6, 6.07) is 0. The van der Waals surface area contributed by atoms with E-state index in [0.29, 0.717) is 19.3 Å². The van der Waals surface area contributed by atoms with Gasteiger partial charge in [-0.15, -0.1) is 0 Å². The molecule has 0 spiro atoms. The molecule has 0 bridgehead atoms. The molecule has 3 saturated heterocycles. The van der Waals surface area contributed by atoms with E-state index in [0.717, 1.165) is 44.9 Å². The fourth-order valence-electron chi connectivity index (χ4n) is 14.9. The first-order valence-electron chi connectivity index (χ1n) is 23.9. The van der Waals surface area contributed by atoms with Crippen molar-refractivity contribution in [3.8, 4) is 0 Å². The summed E-state index contributed by atoms with van der Waals surface area (Å²) in [5.41, 5.74) is -0.735. The van der Waals surface area contributed by atoms with E-state index >= 15 is 0 Å². The van der Waals surface area contributed by atoms with Gasteiger partial charge in [-0.05, 0) is 104 Å². The standard InChI is InChI=1S/C47H76O18/c1-42(2)13-15-47(41(58)59)16-14-45(5)22(23(47)17-42)7-8-28-43(3)11-10-29(44(4,21-51)27(43)9-12-46(28,45)6)63-40-37(32(54)26(20-50)62-40)65-39-35(57)36(31(53)25(19-49)61-39)64-38-34(56)33(55)30(52)24(18-48)60-38/h7,23-40,48-57H,8-21H2,1-6H3,(H,58,59)/t23-,24+,25+,26-,27+,28+,29-,30+,31+,32-,33-,34-,35+,36-,37+,38-,39-,40-,43-,44-,45+,46+,47-/m0/s1. The molecule has 65 heavy (non-hydrogen) atoms. The summed E-state index contributed by atoms with van der Waals surface area (Å²) in [6.07, 6.45) is -13.1. The summed E-state index contributed by atoms with van der Waals surface area (Å²) >= 11 is 0. The second-order valence-electron chi connectivity index (χ2n) is 22.8. The number of aliphatic carboxylic acids is 1. The maximum Gasteiger partial charge on any atom is 0.310 e. The molecule has 372 valence electrons. The fraction of sp³-hybridized carbons (Fsp3) is 0.936. The van der Waals surface area contributed by atoms with E-state index in [-0.39, 0.29) is 46.0 Å². The van der Waals surface area contributed by atoms with Crippen LogP contribution in [0.25, 0.3) is 0 Å². The highest BCUT2D eigenvalue weighted by molar-refractivity contribution is 5.76. The highest BCUT2D eigenvalue weighted by Crippen LogP contribution is 2.76. The van der Waals surface area contributed by atoms with Gasteiger partial charge in [-0.3, -0.25) is 4.79 Å². The number of rotatable bonds is 11. The molecule has 0 amide bonds. The second kappa shape index (κ2) is 17.8. The van der Waals surface area contributed by atoms with E-state index in [4.69, 9.17) is 28.4 Å². The van der Waals surface area contributed by atoms with E-state index in [1.807, 2.05) is 6.92 Å². The third kappa shape index (κ3) is 7.71. The Morgan fingerprint density at radius 1 is 0.631 bits per heavy atom. The molecule has 8 rings (SSSR count). The molecule has 3 aliphatic heterocycles. The first-order valence-corrected chi connectivity index (χ1v) is 23.9. The van der Waals surface area contributed by atoms with Crippen LogP contribution in [0.5, 0.6) is 0 Å². The predicted molar refractivity (Wildman–Crippen MR) is 226 cm³/mol.